The lowest BCUT2D eigenvalue weighted by Gasteiger charge is -2.16. The van der Waals surface area contributed by atoms with E-state index in [9.17, 15) is 4.79 Å². The number of urea groups is 1. The maximum absolute atomic E-state index is 12.2. The molecule has 0 aliphatic heterocycles. The van der Waals surface area contributed by atoms with Crippen LogP contribution in [0, 0.1) is 6.92 Å². The third-order valence-corrected chi connectivity index (χ3v) is 5.07. The van der Waals surface area contributed by atoms with Gasteiger partial charge in [0.05, 0.1) is 11.1 Å². The molecule has 2 amide bonds. The smallest absolute Gasteiger partial charge is 0.322 e. The first-order chi connectivity index (χ1) is 11.6. The van der Waals surface area contributed by atoms with Gasteiger partial charge in [-0.25, -0.2) is 14.8 Å². The van der Waals surface area contributed by atoms with E-state index >= 15 is 0 Å². The number of aromatic nitrogens is 3. The Morgan fingerprint density at radius 2 is 2.08 bits per heavy atom. The van der Waals surface area contributed by atoms with Crippen LogP contribution in [0.4, 0.5) is 10.6 Å². The van der Waals surface area contributed by atoms with Crippen LogP contribution in [0.1, 0.15) is 17.7 Å². The molecule has 0 saturated heterocycles. The third-order valence-electron chi connectivity index (χ3n) is 4.05. The molecule has 1 aliphatic rings. The molecule has 1 aliphatic carbocycles. The highest BCUT2D eigenvalue weighted by Gasteiger charge is 2.29. The van der Waals surface area contributed by atoms with Gasteiger partial charge in [-0.05, 0) is 44.0 Å². The molecule has 0 bridgehead atoms. The highest BCUT2D eigenvalue weighted by Crippen LogP contribution is 2.27. The Hall–Kier alpha value is -2.54. The molecule has 0 radical (unpaired) electrons. The van der Waals surface area contributed by atoms with Crippen molar-refractivity contribution in [3.63, 3.8) is 0 Å². The Labute approximate surface area is 143 Å². The number of aryl methyl sites for hydroxylation is 1. The SMILES string of the molecule is Cc1ccc(-c2cnc3ccc(NC(=O)N(C)C4CC4)nc3n2)s1. The van der Waals surface area contributed by atoms with Gasteiger partial charge in [-0.1, -0.05) is 0 Å². The number of thiophene rings is 1. The second-order valence-corrected chi connectivity index (χ2v) is 7.26. The molecule has 1 N–H and O–H groups in total. The first-order valence-electron chi connectivity index (χ1n) is 7.84. The van der Waals surface area contributed by atoms with Gasteiger partial charge in [-0.15, -0.1) is 11.3 Å². The van der Waals surface area contributed by atoms with Crippen molar-refractivity contribution in [2.75, 3.05) is 12.4 Å². The van der Waals surface area contributed by atoms with Crippen molar-refractivity contribution in [2.45, 2.75) is 25.8 Å². The van der Waals surface area contributed by atoms with Gasteiger partial charge in [0.15, 0.2) is 5.65 Å². The summed E-state index contributed by atoms with van der Waals surface area (Å²) < 4.78 is 0. The number of carbonyl (C=O) groups excluding carboxylic acids is 1. The van der Waals surface area contributed by atoms with Gasteiger partial charge in [0.2, 0.25) is 0 Å². The molecule has 3 heterocycles. The molecule has 7 heteroatoms. The van der Waals surface area contributed by atoms with Crippen LogP contribution in [-0.4, -0.2) is 39.0 Å². The summed E-state index contributed by atoms with van der Waals surface area (Å²) in [4.78, 5) is 29.6. The molecule has 0 atom stereocenters. The molecular formula is C17H17N5OS. The second kappa shape index (κ2) is 5.83. The van der Waals surface area contributed by atoms with E-state index in [1.165, 1.54) is 4.88 Å². The summed E-state index contributed by atoms with van der Waals surface area (Å²) in [5.41, 5.74) is 2.04. The quantitative estimate of drug-likeness (QED) is 0.790. The Morgan fingerprint density at radius 1 is 1.25 bits per heavy atom. The molecule has 4 rings (SSSR count). The summed E-state index contributed by atoms with van der Waals surface area (Å²) in [6.45, 7) is 2.06. The largest absolute Gasteiger partial charge is 0.325 e. The maximum atomic E-state index is 12.2. The fraction of sp³-hybridized carbons (Fsp3) is 0.294. The second-order valence-electron chi connectivity index (χ2n) is 5.98. The molecule has 0 spiro atoms. The van der Waals surface area contributed by atoms with Crippen LogP contribution in [0.25, 0.3) is 21.7 Å². The number of pyridine rings is 1. The van der Waals surface area contributed by atoms with Gasteiger partial charge in [-0.3, -0.25) is 10.3 Å². The normalized spacial score (nSPS) is 13.9. The average molecular weight is 339 g/mol. The van der Waals surface area contributed by atoms with Crippen LogP contribution in [0.5, 0.6) is 0 Å². The van der Waals surface area contributed by atoms with Gasteiger partial charge in [0.1, 0.15) is 17.0 Å². The molecule has 6 nitrogen and oxygen atoms in total. The van der Waals surface area contributed by atoms with Crippen LogP contribution in [0.2, 0.25) is 0 Å². The molecule has 0 aromatic carbocycles. The molecule has 24 heavy (non-hydrogen) atoms. The maximum Gasteiger partial charge on any atom is 0.322 e. The van der Waals surface area contributed by atoms with E-state index < -0.39 is 0 Å². The summed E-state index contributed by atoms with van der Waals surface area (Å²) in [6.07, 6.45) is 3.91. The number of hydrogen-bond acceptors (Lipinski definition) is 5. The first-order valence-corrected chi connectivity index (χ1v) is 8.66. The lowest BCUT2D eigenvalue weighted by atomic mass is 10.3. The van der Waals surface area contributed by atoms with E-state index in [1.807, 2.05) is 19.2 Å². The van der Waals surface area contributed by atoms with Crippen molar-refractivity contribution in [1.82, 2.24) is 19.9 Å². The minimum Gasteiger partial charge on any atom is -0.325 e. The monoisotopic (exact) mass is 339 g/mol. The molecule has 0 unspecified atom stereocenters. The number of amides is 2. The predicted molar refractivity (Wildman–Crippen MR) is 95.2 cm³/mol. The topological polar surface area (TPSA) is 71.0 Å². The van der Waals surface area contributed by atoms with Crippen molar-refractivity contribution in [3.8, 4) is 10.6 Å². The molecular weight excluding hydrogens is 322 g/mol. The van der Waals surface area contributed by atoms with Gasteiger partial charge in [0, 0.05) is 18.0 Å². The first kappa shape index (κ1) is 15.0. The lowest BCUT2D eigenvalue weighted by molar-refractivity contribution is 0.220. The van der Waals surface area contributed by atoms with Gasteiger partial charge < -0.3 is 4.90 Å². The van der Waals surface area contributed by atoms with Gasteiger partial charge >= 0.3 is 6.03 Å². The van der Waals surface area contributed by atoms with E-state index in [2.05, 4.69) is 33.3 Å². The fourth-order valence-corrected chi connectivity index (χ4v) is 3.31. The van der Waals surface area contributed by atoms with Gasteiger partial charge in [0.25, 0.3) is 0 Å². The number of fused-ring (bicyclic) bond motifs is 1. The van der Waals surface area contributed by atoms with E-state index in [1.54, 1.807) is 28.5 Å². The summed E-state index contributed by atoms with van der Waals surface area (Å²) in [5, 5.41) is 2.83. The van der Waals surface area contributed by atoms with Crippen LogP contribution in [0.3, 0.4) is 0 Å². The molecule has 3 aromatic heterocycles. The summed E-state index contributed by atoms with van der Waals surface area (Å²) >= 11 is 1.67. The average Bonchev–Trinajstić information content (AvgIpc) is 3.34. The third kappa shape index (κ3) is 2.94. The van der Waals surface area contributed by atoms with Crippen LogP contribution in [-0.2, 0) is 0 Å². The zero-order valence-electron chi connectivity index (χ0n) is 13.5. The van der Waals surface area contributed by atoms with Crippen molar-refractivity contribution < 1.29 is 4.79 Å². The van der Waals surface area contributed by atoms with E-state index in [-0.39, 0.29) is 6.03 Å². The zero-order chi connectivity index (χ0) is 16.7. The van der Waals surface area contributed by atoms with Crippen LogP contribution >= 0.6 is 11.3 Å². The standard InChI is InChI=1S/C17H17N5OS/c1-10-3-7-14(24-10)13-9-18-12-6-8-15(20-16(12)19-13)21-17(23)22(2)11-4-5-11/h3,6-9,11H,4-5H2,1-2H3,(H,19,20,21,23). The van der Waals surface area contributed by atoms with Crippen LogP contribution in [0.15, 0.2) is 30.5 Å². The molecule has 1 saturated carbocycles. The Balaban J connectivity index is 1.62. The van der Waals surface area contributed by atoms with Gasteiger partial charge in [-0.2, -0.15) is 0 Å². The minimum atomic E-state index is -0.137. The van der Waals surface area contributed by atoms with Crippen molar-refractivity contribution in [2.24, 2.45) is 0 Å². The minimum absolute atomic E-state index is 0.137. The Bertz CT molecular complexity index is 918. The molecule has 122 valence electrons. The highest BCUT2D eigenvalue weighted by atomic mass is 32.1. The number of nitrogens with one attached hydrogen (secondary N) is 1. The lowest BCUT2D eigenvalue weighted by Crippen LogP contribution is -2.33. The Kier molecular flexibility index (Phi) is 3.65. The van der Waals surface area contributed by atoms with Crippen molar-refractivity contribution in [3.05, 3.63) is 35.3 Å². The number of hydrogen-bond donors (Lipinski definition) is 1. The van der Waals surface area contributed by atoms with Crippen molar-refractivity contribution >= 4 is 34.3 Å². The number of anilines is 1. The number of carbonyl (C=O) groups is 1. The van der Waals surface area contributed by atoms with Crippen molar-refractivity contribution in [1.29, 1.82) is 0 Å². The zero-order valence-corrected chi connectivity index (χ0v) is 14.3. The fourth-order valence-electron chi connectivity index (χ4n) is 2.48. The number of nitrogens with zero attached hydrogens (tertiary/aromatic N) is 4. The Morgan fingerprint density at radius 3 is 2.79 bits per heavy atom. The summed E-state index contributed by atoms with van der Waals surface area (Å²) in [5.74, 6) is 0.494. The highest BCUT2D eigenvalue weighted by molar-refractivity contribution is 7.15. The molecule has 1 fully saturated rings. The molecule has 3 aromatic rings. The summed E-state index contributed by atoms with van der Waals surface area (Å²) in [7, 11) is 1.81. The number of rotatable bonds is 3. The van der Waals surface area contributed by atoms with E-state index in [4.69, 9.17) is 0 Å². The van der Waals surface area contributed by atoms with E-state index in [0.717, 1.165) is 23.4 Å². The van der Waals surface area contributed by atoms with E-state index in [0.29, 0.717) is 23.0 Å². The summed E-state index contributed by atoms with van der Waals surface area (Å²) in [6, 6.07) is 7.90. The van der Waals surface area contributed by atoms with Crippen LogP contribution < -0.4 is 5.32 Å². The predicted octanol–water partition coefficient (Wildman–Crippen LogP) is 3.69.